The molecule has 132 valence electrons. The third-order valence-electron chi connectivity index (χ3n) is 3.83. The molecule has 2 aromatic carbocycles. The minimum Gasteiger partial charge on any atom is -0.483 e. The smallest absolute Gasteiger partial charge is 0.191 e. The second-order valence-electron chi connectivity index (χ2n) is 5.84. The van der Waals surface area contributed by atoms with E-state index in [9.17, 15) is 8.78 Å². The van der Waals surface area contributed by atoms with E-state index in [4.69, 9.17) is 21.4 Å². The van der Waals surface area contributed by atoms with Crippen molar-refractivity contribution < 1.29 is 18.6 Å². The fourth-order valence-corrected chi connectivity index (χ4v) is 3.99. The normalized spacial score (nSPS) is 11.2. The van der Waals surface area contributed by atoms with Gasteiger partial charge in [-0.2, -0.15) is 0 Å². The van der Waals surface area contributed by atoms with E-state index in [-0.39, 0.29) is 13.2 Å². The Balaban J connectivity index is 1.84. The number of ether oxygens (including phenoxy) is 1. The molecule has 0 amide bonds. The monoisotopic (exact) mass is 382 g/mol. The van der Waals surface area contributed by atoms with E-state index in [0.29, 0.717) is 23.4 Å². The van der Waals surface area contributed by atoms with E-state index in [1.54, 1.807) is 17.4 Å². The van der Waals surface area contributed by atoms with Crippen LogP contribution in [0.15, 0.2) is 30.3 Å². The highest BCUT2D eigenvalue weighted by Crippen LogP contribution is 2.33. The maximum absolute atomic E-state index is 14.2. The molecule has 0 saturated heterocycles. The molecular weight excluding hydrogens is 366 g/mol. The topological polar surface area (TPSA) is 29.5 Å². The van der Waals surface area contributed by atoms with E-state index in [0.717, 1.165) is 20.5 Å². The molecule has 1 heterocycles. The molecule has 0 aliphatic rings. The third-order valence-corrected chi connectivity index (χ3v) is 5.19. The molecule has 2 nitrogen and oxygen atoms in total. The highest BCUT2D eigenvalue weighted by Gasteiger charge is 2.14. The SMILES string of the molecule is Cc1cc2cc(Cl)cc(COc3c(F)cc(CCCO)cc3F)c2s1. The Bertz CT molecular complexity index is 885. The van der Waals surface area contributed by atoms with Gasteiger partial charge in [0.2, 0.25) is 0 Å². The van der Waals surface area contributed by atoms with Gasteiger partial charge in [-0.3, -0.25) is 0 Å². The van der Waals surface area contributed by atoms with Gasteiger partial charge in [0.15, 0.2) is 17.4 Å². The summed E-state index contributed by atoms with van der Waals surface area (Å²) in [5.41, 5.74) is 1.29. The van der Waals surface area contributed by atoms with Crippen molar-refractivity contribution in [1.82, 2.24) is 0 Å². The number of benzene rings is 2. The molecule has 0 radical (unpaired) electrons. The van der Waals surface area contributed by atoms with Crippen LogP contribution in [0.4, 0.5) is 8.78 Å². The first-order chi connectivity index (χ1) is 12.0. The highest BCUT2D eigenvalue weighted by atomic mass is 35.5. The van der Waals surface area contributed by atoms with Crippen molar-refractivity contribution in [2.45, 2.75) is 26.4 Å². The van der Waals surface area contributed by atoms with Crippen LogP contribution in [0.1, 0.15) is 22.4 Å². The molecule has 0 bridgehead atoms. The van der Waals surface area contributed by atoms with Crippen molar-refractivity contribution in [2.24, 2.45) is 0 Å². The van der Waals surface area contributed by atoms with Gasteiger partial charge in [0.1, 0.15) is 6.61 Å². The van der Waals surface area contributed by atoms with Crippen molar-refractivity contribution in [3.05, 3.63) is 63.0 Å². The fourth-order valence-electron chi connectivity index (χ4n) is 2.75. The average Bonchev–Trinajstić information content (AvgIpc) is 2.92. The number of aliphatic hydroxyl groups is 1. The van der Waals surface area contributed by atoms with Crippen LogP contribution in [0, 0.1) is 18.6 Å². The predicted octanol–water partition coefficient (Wildman–Crippen LogP) is 5.65. The molecule has 3 aromatic rings. The van der Waals surface area contributed by atoms with Crippen LogP contribution in [-0.2, 0) is 13.0 Å². The van der Waals surface area contributed by atoms with Crippen LogP contribution >= 0.6 is 22.9 Å². The lowest BCUT2D eigenvalue weighted by molar-refractivity contribution is 0.274. The molecular formula is C19H17ClF2O2S. The molecule has 0 unspecified atom stereocenters. The van der Waals surface area contributed by atoms with Crippen LogP contribution < -0.4 is 4.74 Å². The molecule has 3 rings (SSSR count). The number of thiophene rings is 1. The van der Waals surface area contributed by atoms with Gasteiger partial charge in [-0.1, -0.05) is 11.6 Å². The molecule has 0 spiro atoms. The summed E-state index contributed by atoms with van der Waals surface area (Å²) in [6, 6.07) is 8.13. The second kappa shape index (κ2) is 7.68. The molecule has 0 aliphatic heterocycles. The van der Waals surface area contributed by atoms with Crippen LogP contribution in [0.2, 0.25) is 5.02 Å². The van der Waals surface area contributed by atoms with Gasteiger partial charge in [0, 0.05) is 26.8 Å². The van der Waals surface area contributed by atoms with Crippen LogP contribution in [0.3, 0.4) is 0 Å². The second-order valence-corrected chi connectivity index (χ2v) is 7.54. The first-order valence-electron chi connectivity index (χ1n) is 7.88. The van der Waals surface area contributed by atoms with Gasteiger partial charge in [-0.15, -0.1) is 11.3 Å². The Morgan fingerprint density at radius 1 is 1.12 bits per heavy atom. The number of fused-ring (bicyclic) bond motifs is 1. The van der Waals surface area contributed by atoms with Crippen LogP contribution in [0.5, 0.6) is 5.75 Å². The Morgan fingerprint density at radius 3 is 2.52 bits per heavy atom. The summed E-state index contributed by atoms with van der Waals surface area (Å²) in [6.07, 6.45) is 0.866. The lowest BCUT2D eigenvalue weighted by atomic mass is 10.1. The minimum absolute atomic E-state index is 0.0213. The molecule has 6 heteroatoms. The maximum Gasteiger partial charge on any atom is 0.191 e. The number of aliphatic hydroxyl groups excluding tert-OH is 1. The summed E-state index contributed by atoms with van der Waals surface area (Å²) in [4.78, 5) is 1.13. The molecule has 0 atom stereocenters. The van der Waals surface area contributed by atoms with E-state index >= 15 is 0 Å². The first kappa shape index (κ1) is 18.1. The summed E-state index contributed by atoms with van der Waals surface area (Å²) in [7, 11) is 0. The summed E-state index contributed by atoms with van der Waals surface area (Å²) < 4.78 is 34.8. The van der Waals surface area contributed by atoms with Crippen molar-refractivity contribution >= 4 is 33.0 Å². The van der Waals surface area contributed by atoms with Gasteiger partial charge in [0.25, 0.3) is 0 Å². The Kier molecular flexibility index (Phi) is 5.57. The number of halogens is 3. The van der Waals surface area contributed by atoms with Crippen molar-refractivity contribution in [3.63, 3.8) is 0 Å². The van der Waals surface area contributed by atoms with Crippen molar-refractivity contribution in [2.75, 3.05) is 6.61 Å². The standard InChI is InChI=1S/C19H17ClF2O2S/c1-11-5-13-8-15(20)9-14(19(13)25-11)10-24-18-16(21)6-12(3-2-4-23)7-17(18)22/h5-9,23H,2-4,10H2,1H3. The van der Waals surface area contributed by atoms with Gasteiger partial charge < -0.3 is 9.84 Å². The van der Waals surface area contributed by atoms with E-state index in [2.05, 4.69) is 0 Å². The Hall–Kier alpha value is -1.69. The summed E-state index contributed by atoms with van der Waals surface area (Å²) in [5, 5.41) is 10.4. The largest absolute Gasteiger partial charge is 0.483 e. The van der Waals surface area contributed by atoms with Crippen molar-refractivity contribution in [3.8, 4) is 5.75 Å². The lowest BCUT2D eigenvalue weighted by Gasteiger charge is -2.11. The zero-order valence-electron chi connectivity index (χ0n) is 13.6. The molecule has 0 fully saturated rings. The lowest BCUT2D eigenvalue weighted by Crippen LogP contribution is -2.02. The maximum atomic E-state index is 14.2. The highest BCUT2D eigenvalue weighted by molar-refractivity contribution is 7.19. The van der Waals surface area contributed by atoms with Gasteiger partial charge in [0.05, 0.1) is 0 Å². The average molecular weight is 383 g/mol. The zero-order valence-corrected chi connectivity index (χ0v) is 15.2. The van der Waals surface area contributed by atoms with Crippen LogP contribution in [0.25, 0.3) is 10.1 Å². The van der Waals surface area contributed by atoms with Crippen LogP contribution in [-0.4, -0.2) is 11.7 Å². The Labute approximate surface area is 153 Å². The fraction of sp³-hybridized carbons (Fsp3) is 0.263. The quantitative estimate of drug-likeness (QED) is 0.597. The predicted molar refractivity (Wildman–Crippen MR) is 97.7 cm³/mol. The van der Waals surface area contributed by atoms with Gasteiger partial charge in [-0.05, 0) is 61.0 Å². The van der Waals surface area contributed by atoms with E-state index in [1.165, 1.54) is 12.1 Å². The molecule has 0 aliphatic carbocycles. The first-order valence-corrected chi connectivity index (χ1v) is 9.07. The van der Waals surface area contributed by atoms with Gasteiger partial charge in [-0.25, -0.2) is 8.78 Å². The van der Waals surface area contributed by atoms with E-state index in [1.807, 2.05) is 19.1 Å². The molecule has 25 heavy (non-hydrogen) atoms. The number of rotatable bonds is 6. The summed E-state index contributed by atoms with van der Waals surface area (Å²) >= 11 is 7.72. The molecule has 0 saturated carbocycles. The van der Waals surface area contributed by atoms with Crippen molar-refractivity contribution in [1.29, 1.82) is 0 Å². The molecule has 1 N–H and O–H groups in total. The number of hydrogen-bond donors (Lipinski definition) is 1. The summed E-state index contributed by atoms with van der Waals surface area (Å²) in [5.74, 6) is -1.88. The third kappa shape index (κ3) is 4.11. The number of hydrogen-bond acceptors (Lipinski definition) is 3. The van der Waals surface area contributed by atoms with Gasteiger partial charge >= 0.3 is 0 Å². The summed E-state index contributed by atoms with van der Waals surface area (Å²) in [6.45, 7) is 2.00. The van der Waals surface area contributed by atoms with E-state index < -0.39 is 17.4 Å². The minimum atomic E-state index is -0.742. The molecule has 1 aromatic heterocycles. The number of aryl methyl sites for hydroxylation is 2. The zero-order chi connectivity index (χ0) is 18.0. The Morgan fingerprint density at radius 2 is 1.84 bits per heavy atom.